The van der Waals surface area contributed by atoms with Gasteiger partial charge >= 0.3 is 5.69 Å². The number of ether oxygens (including phenoxy) is 1. The maximum Gasteiger partial charge on any atom is 0.330 e. The van der Waals surface area contributed by atoms with E-state index in [2.05, 4.69) is 20.1 Å². The van der Waals surface area contributed by atoms with Crippen molar-refractivity contribution in [1.82, 2.24) is 29.2 Å². The lowest BCUT2D eigenvalue weighted by molar-refractivity contribution is 0.0971. The van der Waals surface area contributed by atoms with Crippen LogP contribution in [0.5, 0.6) is 0 Å². The molecule has 0 unspecified atom stereocenters. The zero-order chi connectivity index (χ0) is 23.8. The number of fused-ring (bicyclic) bond motifs is 3. The van der Waals surface area contributed by atoms with Gasteiger partial charge in [-0.3, -0.25) is 14.1 Å². The van der Waals surface area contributed by atoms with Gasteiger partial charge in [0.15, 0.2) is 5.65 Å². The molecule has 0 saturated carbocycles. The van der Waals surface area contributed by atoms with Gasteiger partial charge < -0.3 is 9.64 Å². The lowest BCUT2D eigenvalue weighted by Crippen LogP contribution is -2.23. The summed E-state index contributed by atoms with van der Waals surface area (Å²) in [6.45, 7) is 8.23. The van der Waals surface area contributed by atoms with Gasteiger partial charge in [0.2, 0.25) is 0 Å². The Bertz CT molecular complexity index is 1390. The molecule has 5 rings (SSSR count). The summed E-state index contributed by atoms with van der Waals surface area (Å²) in [5.74, 6) is -0.410. The number of nitrogens with zero attached hydrogens (tertiary/aromatic N) is 6. The van der Waals surface area contributed by atoms with E-state index >= 15 is 4.39 Å². The largest absolute Gasteiger partial charge is 0.374 e. The van der Waals surface area contributed by atoms with Gasteiger partial charge in [0, 0.05) is 48.4 Å². The van der Waals surface area contributed by atoms with E-state index in [4.69, 9.17) is 4.74 Å². The lowest BCUT2D eigenvalue weighted by Gasteiger charge is -2.14. The Morgan fingerprint density at radius 3 is 2.65 bits per heavy atom. The zero-order valence-corrected chi connectivity index (χ0v) is 19.8. The molecule has 4 heterocycles. The Morgan fingerprint density at radius 2 is 1.94 bits per heavy atom. The molecule has 0 atom stereocenters. The molecular weight excluding hydrogens is 435 g/mol. The van der Waals surface area contributed by atoms with Crippen LogP contribution in [0.2, 0.25) is 0 Å². The topological polar surface area (TPSA) is 78.1 Å². The monoisotopic (exact) mass is 464 g/mol. The Labute approximate surface area is 197 Å². The third-order valence-electron chi connectivity index (χ3n) is 6.51. The van der Waals surface area contributed by atoms with E-state index < -0.39 is 5.82 Å². The summed E-state index contributed by atoms with van der Waals surface area (Å²) in [5.41, 5.74) is 3.23. The second-order valence-electron chi connectivity index (χ2n) is 9.17. The summed E-state index contributed by atoms with van der Waals surface area (Å²) in [6.07, 6.45) is 4.20. The number of hydrogen-bond donors (Lipinski definition) is 0. The summed E-state index contributed by atoms with van der Waals surface area (Å²) in [5, 5.41) is 9.03. The van der Waals surface area contributed by atoms with Crippen LogP contribution in [0.15, 0.2) is 35.3 Å². The fourth-order valence-corrected chi connectivity index (χ4v) is 4.66. The summed E-state index contributed by atoms with van der Waals surface area (Å²) in [4.78, 5) is 19.7. The summed E-state index contributed by atoms with van der Waals surface area (Å²) >= 11 is 0. The van der Waals surface area contributed by atoms with Gasteiger partial charge in [0.25, 0.3) is 0 Å². The molecule has 4 aromatic rings. The van der Waals surface area contributed by atoms with Gasteiger partial charge in [-0.2, -0.15) is 0 Å². The standard InChI is InChI=1S/C25H29FN6O2/c1-16(2)32-23-20-12-19(21(26)13-22(20)28-29-24(23)30(3)25(32)33)17-6-7-18(27-14-17)15-34-11-10-31-8-4-5-9-31/h6-7,12-14,16H,4-5,8-11,15H2,1-3H3. The number of likely N-dealkylation sites (tertiary alicyclic amines) is 1. The average Bonchev–Trinajstić information content (AvgIpc) is 3.43. The van der Waals surface area contributed by atoms with Crippen LogP contribution in [0.25, 0.3) is 33.2 Å². The Kier molecular flexibility index (Phi) is 6.14. The number of benzene rings is 1. The first kappa shape index (κ1) is 22.6. The highest BCUT2D eigenvalue weighted by Gasteiger charge is 2.20. The number of imidazole rings is 1. The fraction of sp³-hybridized carbons (Fsp3) is 0.440. The molecule has 1 saturated heterocycles. The number of hydrogen-bond acceptors (Lipinski definition) is 6. The minimum absolute atomic E-state index is 0.0801. The molecule has 0 bridgehead atoms. The summed E-state index contributed by atoms with van der Waals surface area (Å²) in [6, 6.07) is 6.74. The second kappa shape index (κ2) is 9.23. The summed E-state index contributed by atoms with van der Waals surface area (Å²) in [7, 11) is 1.67. The number of pyridine rings is 1. The number of halogens is 1. The van der Waals surface area contributed by atoms with Crippen molar-refractivity contribution in [2.75, 3.05) is 26.2 Å². The van der Waals surface area contributed by atoms with Gasteiger partial charge in [-0.25, -0.2) is 9.18 Å². The highest BCUT2D eigenvalue weighted by Crippen LogP contribution is 2.30. The van der Waals surface area contributed by atoms with Crippen molar-refractivity contribution in [3.63, 3.8) is 0 Å². The van der Waals surface area contributed by atoms with E-state index in [1.54, 1.807) is 23.9 Å². The molecule has 9 heteroatoms. The van der Waals surface area contributed by atoms with E-state index in [1.807, 2.05) is 26.0 Å². The smallest absolute Gasteiger partial charge is 0.330 e. The van der Waals surface area contributed by atoms with Gasteiger partial charge in [0.05, 0.1) is 24.4 Å². The lowest BCUT2D eigenvalue weighted by atomic mass is 10.0. The minimum atomic E-state index is -0.410. The predicted octanol–water partition coefficient (Wildman–Crippen LogP) is 3.68. The number of aryl methyl sites for hydroxylation is 1. The molecule has 0 amide bonds. The predicted molar refractivity (Wildman–Crippen MR) is 129 cm³/mol. The van der Waals surface area contributed by atoms with Crippen molar-refractivity contribution in [3.05, 3.63) is 52.5 Å². The minimum Gasteiger partial charge on any atom is -0.374 e. The van der Waals surface area contributed by atoms with Gasteiger partial charge in [-0.15, -0.1) is 10.2 Å². The van der Waals surface area contributed by atoms with Crippen molar-refractivity contribution in [1.29, 1.82) is 0 Å². The van der Waals surface area contributed by atoms with Crippen LogP contribution < -0.4 is 5.69 Å². The molecule has 1 aromatic carbocycles. The number of rotatable bonds is 7. The van der Waals surface area contributed by atoms with E-state index in [9.17, 15) is 4.79 Å². The van der Waals surface area contributed by atoms with Crippen LogP contribution >= 0.6 is 0 Å². The highest BCUT2D eigenvalue weighted by atomic mass is 19.1. The quantitative estimate of drug-likeness (QED) is 0.388. The van der Waals surface area contributed by atoms with E-state index in [-0.39, 0.29) is 11.7 Å². The summed E-state index contributed by atoms with van der Waals surface area (Å²) < 4.78 is 24.0. The first-order chi connectivity index (χ1) is 16.4. The SMILES string of the molecule is CC(C)n1c(=O)n(C)c2nnc3cc(F)c(-c4ccc(COCCN5CCCC5)nc4)cc3c21. The molecule has 1 aliphatic rings. The van der Waals surface area contributed by atoms with Crippen molar-refractivity contribution in [2.45, 2.75) is 39.3 Å². The third kappa shape index (κ3) is 4.10. The first-order valence-corrected chi connectivity index (χ1v) is 11.8. The van der Waals surface area contributed by atoms with Crippen molar-refractivity contribution < 1.29 is 9.13 Å². The van der Waals surface area contributed by atoms with Crippen LogP contribution in [-0.4, -0.2) is 55.5 Å². The Hall–Kier alpha value is -3.17. The molecular formula is C25H29FN6O2. The van der Waals surface area contributed by atoms with E-state index in [0.717, 1.165) is 25.3 Å². The van der Waals surface area contributed by atoms with Crippen molar-refractivity contribution in [2.24, 2.45) is 7.05 Å². The second-order valence-corrected chi connectivity index (χ2v) is 9.17. The van der Waals surface area contributed by atoms with Crippen LogP contribution in [0.4, 0.5) is 4.39 Å². The maximum absolute atomic E-state index is 15.0. The van der Waals surface area contributed by atoms with Gasteiger partial charge in [-0.05, 0) is 51.9 Å². The normalized spacial score (nSPS) is 14.7. The van der Waals surface area contributed by atoms with Crippen LogP contribution in [0.3, 0.4) is 0 Å². The van der Waals surface area contributed by atoms with Crippen LogP contribution in [0.1, 0.15) is 38.4 Å². The highest BCUT2D eigenvalue weighted by molar-refractivity contribution is 6.02. The van der Waals surface area contributed by atoms with E-state index in [0.29, 0.717) is 46.4 Å². The Morgan fingerprint density at radius 1 is 1.15 bits per heavy atom. The molecule has 0 N–H and O–H groups in total. The first-order valence-electron chi connectivity index (χ1n) is 11.8. The molecule has 0 spiro atoms. The molecule has 178 valence electrons. The van der Waals surface area contributed by atoms with Crippen LogP contribution in [-0.2, 0) is 18.4 Å². The molecule has 1 aliphatic heterocycles. The van der Waals surface area contributed by atoms with Crippen LogP contribution in [0, 0.1) is 5.82 Å². The average molecular weight is 465 g/mol. The molecule has 0 aliphatic carbocycles. The van der Waals surface area contributed by atoms with Gasteiger partial charge in [0.1, 0.15) is 11.3 Å². The van der Waals surface area contributed by atoms with Crippen molar-refractivity contribution >= 4 is 22.1 Å². The molecule has 3 aromatic heterocycles. The van der Waals surface area contributed by atoms with Gasteiger partial charge in [-0.1, -0.05) is 6.07 Å². The number of aromatic nitrogens is 5. The molecule has 34 heavy (non-hydrogen) atoms. The third-order valence-corrected chi connectivity index (χ3v) is 6.51. The Balaban J connectivity index is 1.44. The molecule has 1 fully saturated rings. The molecule has 0 radical (unpaired) electrons. The zero-order valence-electron chi connectivity index (χ0n) is 19.8. The maximum atomic E-state index is 15.0. The van der Waals surface area contributed by atoms with Crippen molar-refractivity contribution in [3.8, 4) is 11.1 Å². The fourth-order valence-electron chi connectivity index (χ4n) is 4.66. The van der Waals surface area contributed by atoms with E-state index in [1.165, 1.54) is 23.5 Å². The molecule has 8 nitrogen and oxygen atoms in total.